The van der Waals surface area contributed by atoms with E-state index >= 15 is 0 Å². The molecule has 13 heavy (non-hydrogen) atoms. The van der Waals surface area contributed by atoms with Crippen molar-refractivity contribution in [1.29, 1.82) is 0 Å². The van der Waals surface area contributed by atoms with Crippen molar-refractivity contribution in [1.82, 2.24) is 4.90 Å². The number of hydrogen-bond acceptors (Lipinski definition) is 4. The Morgan fingerprint density at radius 1 is 1.62 bits per heavy atom. The van der Waals surface area contributed by atoms with Gasteiger partial charge in [0.2, 0.25) is 5.91 Å². The lowest BCUT2D eigenvalue weighted by Crippen LogP contribution is -2.52. The van der Waals surface area contributed by atoms with Crippen LogP contribution in [0.4, 0.5) is 0 Å². The first kappa shape index (κ1) is 12.3. The summed E-state index contributed by atoms with van der Waals surface area (Å²) < 4.78 is 0. The Bertz CT molecular complexity index is 182. The summed E-state index contributed by atoms with van der Waals surface area (Å²) in [6.07, 6.45) is 0. The number of nitrogens with two attached hydrogens (primary N) is 2. The zero-order valence-electron chi connectivity index (χ0n) is 8.45. The topological polar surface area (TPSA) is 92.6 Å². The van der Waals surface area contributed by atoms with Crippen molar-refractivity contribution in [3.8, 4) is 0 Å². The fraction of sp³-hybridized carbons (Fsp3) is 0.875. The number of rotatable bonds is 5. The van der Waals surface area contributed by atoms with Gasteiger partial charge >= 0.3 is 0 Å². The molecule has 0 radical (unpaired) electrons. The molecule has 0 bridgehead atoms. The van der Waals surface area contributed by atoms with Gasteiger partial charge in [-0.2, -0.15) is 0 Å². The van der Waals surface area contributed by atoms with Crippen LogP contribution in [0.1, 0.15) is 13.8 Å². The molecule has 0 rings (SSSR count). The molecule has 5 N–H and O–H groups in total. The van der Waals surface area contributed by atoms with Crippen molar-refractivity contribution in [2.45, 2.75) is 25.4 Å². The number of carbonyl (C=O) groups is 1. The van der Waals surface area contributed by atoms with Crippen LogP contribution in [0, 0.1) is 0 Å². The first-order valence-electron chi connectivity index (χ1n) is 4.18. The lowest BCUT2D eigenvalue weighted by Gasteiger charge is -2.34. The zero-order chi connectivity index (χ0) is 10.6. The Kier molecular flexibility index (Phi) is 4.32. The smallest absolute Gasteiger partial charge is 0.235 e. The molecule has 0 fully saturated rings. The first-order chi connectivity index (χ1) is 5.81. The average molecular weight is 189 g/mol. The maximum absolute atomic E-state index is 10.7. The number of likely N-dealkylation sites (N-methyl/N-ethyl adjacent to an activating group) is 1. The Labute approximate surface area is 78.7 Å². The molecule has 1 amide bonds. The number of amides is 1. The second-order valence-corrected chi connectivity index (χ2v) is 3.86. The van der Waals surface area contributed by atoms with E-state index in [0.717, 1.165) is 0 Å². The Morgan fingerprint density at radius 2 is 2.08 bits per heavy atom. The third-order valence-corrected chi connectivity index (χ3v) is 2.26. The molecule has 78 valence electrons. The predicted molar refractivity (Wildman–Crippen MR) is 51.0 cm³/mol. The van der Waals surface area contributed by atoms with Crippen molar-refractivity contribution < 1.29 is 9.90 Å². The van der Waals surface area contributed by atoms with Gasteiger partial charge in [0.05, 0.1) is 12.6 Å². The highest BCUT2D eigenvalue weighted by molar-refractivity contribution is 5.79. The Morgan fingerprint density at radius 3 is 2.38 bits per heavy atom. The van der Waals surface area contributed by atoms with E-state index in [1.807, 2.05) is 18.7 Å². The summed E-state index contributed by atoms with van der Waals surface area (Å²) in [5.74, 6) is -0.527. The highest BCUT2D eigenvalue weighted by Gasteiger charge is 2.25. The molecule has 0 aromatic carbocycles. The van der Waals surface area contributed by atoms with Crippen LogP contribution in [0.2, 0.25) is 0 Å². The van der Waals surface area contributed by atoms with Gasteiger partial charge in [-0.15, -0.1) is 0 Å². The number of hydrogen-bond donors (Lipinski definition) is 3. The van der Waals surface area contributed by atoms with Gasteiger partial charge in [0.25, 0.3) is 0 Å². The molecule has 1 atom stereocenters. The lowest BCUT2D eigenvalue weighted by molar-refractivity contribution is -0.120. The van der Waals surface area contributed by atoms with Gasteiger partial charge in [-0.05, 0) is 20.9 Å². The van der Waals surface area contributed by atoms with Crippen LogP contribution in [0.25, 0.3) is 0 Å². The molecule has 0 aromatic rings. The van der Waals surface area contributed by atoms with Crippen molar-refractivity contribution in [2.75, 3.05) is 20.2 Å². The van der Waals surface area contributed by atoms with Crippen molar-refractivity contribution in [2.24, 2.45) is 11.5 Å². The SMILES string of the molecule is CN(CC(N)C(N)=O)C(C)(C)CO. The predicted octanol–water partition coefficient (Wildman–Crippen LogP) is -1.50. The van der Waals surface area contributed by atoms with E-state index in [-0.39, 0.29) is 12.1 Å². The van der Waals surface area contributed by atoms with Gasteiger partial charge in [0.1, 0.15) is 0 Å². The van der Waals surface area contributed by atoms with Gasteiger partial charge in [0.15, 0.2) is 0 Å². The molecular formula is C8H19N3O2. The first-order valence-corrected chi connectivity index (χ1v) is 4.18. The highest BCUT2D eigenvalue weighted by Crippen LogP contribution is 2.10. The second-order valence-electron chi connectivity index (χ2n) is 3.86. The number of aliphatic hydroxyl groups excluding tert-OH is 1. The number of carbonyl (C=O) groups excluding carboxylic acids is 1. The van der Waals surface area contributed by atoms with Crippen LogP contribution >= 0.6 is 0 Å². The molecular weight excluding hydrogens is 170 g/mol. The standard InChI is InChI=1S/C8H19N3O2/c1-8(2,5-12)11(3)4-6(9)7(10)13/h6,12H,4-5,9H2,1-3H3,(H2,10,13). The van der Waals surface area contributed by atoms with Gasteiger partial charge < -0.3 is 16.6 Å². The van der Waals surface area contributed by atoms with Crippen LogP contribution in [0.3, 0.4) is 0 Å². The molecule has 0 aliphatic heterocycles. The van der Waals surface area contributed by atoms with Crippen LogP contribution in [-0.4, -0.2) is 47.7 Å². The molecule has 0 aliphatic rings. The van der Waals surface area contributed by atoms with Crippen molar-refractivity contribution in [3.63, 3.8) is 0 Å². The monoisotopic (exact) mass is 189 g/mol. The van der Waals surface area contributed by atoms with E-state index < -0.39 is 11.9 Å². The van der Waals surface area contributed by atoms with Crippen LogP contribution in [0.5, 0.6) is 0 Å². The molecule has 0 aromatic heterocycles. The quantitative estimate of drug-likeness (QED) is 0.491. The van der Waals surface area contributed by atoms with Gasteiger partial charge in [0, 0.05) is 12.1 Å². The van der Waals surface area contributed by atoms with Crippen LogP contribution in [0.15, 0.2) is 0 Å². The molecule has 0 heterocycles. The molecule has 5 heteroatoms. The summed E-state index contributed by atoms with van der Waals surface area (Å²) in [7, 11) is 1.79. The van der Waals surface area contributed by atoms with Crippen LogP contribution < -0.4 is 11.5 Å². The van der Waals surface area contributed by atoms with Crippen molar-refractivity contribution >= 4 is 5.91 Å². The Hall–Kier alpha value is -0.650. The third kappa shape index (κ3) is 3.71. The van der Waals surface area contributed by atoms with Gasteiger partial charge in [-0.3, -0.25) is 9.69 Å². The Balaban J connectivity index is 4.14. The third-order valence-electron chi connectivity index (χ3n) is 2.26. The highest BCUT2D eigenvalue weighted by atomic mass is 16.3. The summed E-state index contributed by atoms with van der Waals surface area (Å²) in [6.45, 7) is 4.08. The van der Waals surface area contributed by atoms with Gasteiger partial charge in [-0.25, -0.2) is 0 Å². The molecule has 0 saturated heterocycles. The van der Waals surface area contributed by atoms with Crippen LogP contribution in [-0.2, 0) is 4.79 Å². The number of aliphatic hydroxyl groups is 1. The van der Waals surface area contributed by atoms with E-state index in [1.54, 1.807) is 7.05 Å². The molecule has 0 spiro atoms. The summed E-state index contributed by atoms with van der Waals surface area (Å²) >= 11 is 0. The van der Waals surface area contributed by atoms with E-state index in [1.165, 1.54) is 0 Å². The summed E-state index contributed by atoms with van der Waals surface area (Å²) in [4.78, 5) is 12.5. The van der Waals surface area contributed by atoms with Gasteiger partial charge in [-0.1, -0.05) is 0 Å². The zero-order valence-corrected chi connectivity index (χ0v) is 8.45. The average Bonchev–Trinajstić information content (AvgIpc) is 2.04. The van der Waals surface area contributed by atoms with E-state index in [9.17, 15) is 4.79 Å². The normalized spacial score (nSPS) is 14.6. The molecule has 0 aliphatic carbocycles. The minimum absolute atomic E-state index is 0.00891. The molecule has 0 saturated carbocycles. The van der Waals surface area contributed by atoms with E-state index in [0.29, 0.717) is 6.54 Å². The van der Waals surface area contributed by atoms with E-state index in [4.69, 9.17) is 16.6 Å². The summed E-state index contributed by atoms with van der Waals surface area (Å²) in [5, 5.41) is 9.02. The van der Waals surface area contributed by atoms with Crippen molar-refractivity contribution in [3.05, 3.63) is 0 Å². The lowest BCUT2D eigenvalue weighted by atomic mass is 10.0. The fourth-order valence-electron chi connectivity index (χ4n) is 0.753. The second kappa shape index (κ2) is 4.55. The number of nitrogens with zero attached hydrogens (tertiary/aromatic N) is 1. The maximum Gasteiger partial charge on any atom is 0.235 e. The largest absolute Gasteiger partial charge is 0.394 e. The van der Waals surface area contributed by atoms with E-state index in [2.05, 4.69) is 0 Å². The summed E-state index contributed by atoms with van der Waals surface area (Å²) in [6, 6.07) is -0.684. The molecule has 1 unspecified atom stereocenters. The minimum Gasteiger partial charge on any atom is -0.394 e. The molecule has 5 nitrogen and oxygen atoms in total. The summed E-state index contributed by atoms with van der Waals surface area (Å²) in [5.41, 5.74) is 10.1. The maximum atomic E-state index is 10.7. The minimum atomic E-state index is -0.684. The number of primary amides is 1. The fourth-order valence-corrected chi connectivity index (χ4v) is 0.753.